The zero-order valence-electron chi connectivity index (χ0n) is 11.3. The van der Waals surface area contributed by atoms with Crippen LogP contribution in [0.3, 0.4) is 0 Å². The molecule has 0 aliphatic heterocycles. The molecule has 3 nitrogen and oxygen atoms in total. The van der Waals surface area contributed by atoms with Gasteiger partial charge in [-0.05, 0) is 25.1 Å². The highest BCUT2D eigenvalue weighted by Gasteiger charge is 2.13. The van der Waals surface area contributed by atoms with Crippen LogP contribution in [0.5, 0.6) is 0 Å². The number of benzene rings is 2. The molecule has 0 radical (unpaired) electrons. The Morgan fingerprint density at radius 3 is 2.60 bits per heavy atom. The van der Waals surface area contributed by atoms with Gasteiger partial charge in [-0.25, -0.2) is 9.67 Å². The van der Waals surface area contributed by atoms with Crippen molar-refractivity contribution in [2.75, 3.05) is 0 Å². The number of halogens is 1. The summed E-state index contributed by atoms with van der Waals surface area (Å²) in [6.45, 7) is 2.06. The maximum absolute atomic E-state index is 6.23. The van der Waals surface area contributed by atoms with E-state index in [1.807, 2.05) is 43.4 Å². The molecule has 0 atom stereocenters. The van der Waals surface area contributed by atoms with Crippen LogP contribution in [0.1, 0.15) is 5.56 Å². The van der Waals surface area contributed by atoms with E-state index in [9.17, 15) is 0 Å². The Balaban J connectivity index is 2.10. The smallest absolute Gasteiger partial charge is 0.181 e. The highest BCUT2D eigenvalue weighted by Crippen LogP contribution is 2.27. The largest absolute Gasteiger partial charge is 0.248 e. The maximum atomic E-state index is 6.23. The van der Waals surface area contributed by atoms with E-state index in [4.69, 9.17) is 11.6 Å². The second kappa shape index (κ2) is 5.10. The molecule has 2 aromatic carbocycles. The molecule has 0 bridgehead atoms. The predicted octanol–water partition coefficient (Wildman–Crippen LogP) is 4.11. The summed E-state index contributed by atoms with van der Waals surface area (Å²) < 4.78 is 1.76. The first kappa shape index (κ1) is 12.9. The van der Waals surface area contributed by atoms with Crippen molar-refractivity contribution in [1.82, 2.24) is 14.8 Å². The van der Waals surface area contributed by atoms with Gasteiger partial charge in [0, 0.05) is 18.2 Å². The van der Waals surface area contributed by atoms with Crippen LogP contribution in [0.2, 0.25) is 5.02 Å². The van der Waals surface area contributed by atoms with Gasteiger partial charge >= 0.3 is 0 Å². The lowest BCUT2D eigenvalue weighted by Crippen LogP contribution is -1.94. The standard InChI is InChI=1S/C16H14ClN3/c1-11-6-5-7-12(10-11)15-18-16(20(2)19-15)13-8-3-4-9-14(13)17/h3-10H,1-2H3. The van der Waals surface area contributed by atoms with Crippen LogP contribution in [0.4, 0.5) is 0 Å². The number of hydrogen-bond donors (Lipinski definition) is 0. The lowest BCUT2D eigenvalue weighted by Gasteiger charge is -2.01. The summed E-state index contributed by atoms with van der Waals surface area (Å²) in [4.78, 5) is 4.62. The highest BCUT2D eigenvalue weighted by molar-refractivity contribution is 6.33. The summed E-state index contributed by atoms with van der Waals surface area (Å²) in [5.41, 5.74) is 3.09. The molecule has 0 aliphatic rings. The van der Waals surface area contributed by atoms with E-state index in [1.54, 1.807) is 4.68 Å². The van der Waals surface area contributed by atoms with E-state index in [0.29, 0.717) is 10.8 Å². The molecule has 0 saturated heterocycles. The minimum atomic E-state index is 0.679. The van der Waals surface area contributed by atoms with Crippen LogP contribution in [0.25, 0.3) is 22.8 Å². The van der Waals surface area contributed by atoms with Crippen LogP contribution in [-0.4, -0.2) is 14.8 Å². The molecule has 0 fully saturated rings. The monoisotopic (exact) mass is 283 g/mol. The molecule has 1 aromatic heterocycles. The lowest BCUT2D eigenvalue weighted by atomic mass is 10.1. The first-order chi connectivity index (χ1) is 9.65. The van der Waals surface area contributed by atoms with Gasteiger partial charge in [0.2, 0.25) is 0 Å². The molecule has 0 spiro atoms. The minimum Gasteiger partial charge on any atom is -0.248 e. The van der Waals surface area contributed by atoms with E-state index in [-0.39, 0.29) is 0 Å². The zero-order chi connectivity index (χ0) is 14.1. The predicted molar refractivity (Wildman–Crippen MR) is 81.6 cm³/mol. The van der Waals surface area contributed by atoms with Crippen LogP contribution in [-0.2, 0) is 7.05 Å². The van der Waals surface area contributed by atoms with Crippen molar-refractivity contribution in [2.45, 2.75) is 6.92 Å². The topological polar surface area (TPSA) is 30.7 Å². The maximum Gasteiger partial charge on any atom is 0.181 e. The molecular weight excluding hydrogens is 270 g/mol. The Morgan fingerprint density at radius 1 is 1.05 bits per heavy atom. The second-order valence-corrected chi connectivity index (χ2v) is 5.14. The van der Waals surface area contributed by atoms with Crippen LogP contribution in [0, 0.1) is 6.92 Å². The van der Waals surface area contributed by atoms with E-state index in [1.165, 1.54) is 5.56 Å². The van der Waals surface area contributed by atoms with Gasteiger partial charge in [0.1, 0.15) is 0 Å². The summed E-state index contributed by atoms with van der Waals surface area (Å²) >= 11 is 6.23. The molecule has 1 heterocycles. The molecule has 0 N–H and O–H groups in total. The first-order valence-corrected chi connectivity index (χ1v) is 6.76. The second-order valence-electron chi connectivity index (χ2n) is 4.73. The molecule has 0 amide bonds. The molecule has 3 aromatic rings. The van der Waals surface area contributed by atoms with Crippen molar-refractivity contribution in [1.29, 1.82) is 0 Å². The molecule has 20 heavy (non-hydrogen) atoms. The fraction of sp³-hybridized carbons (Fsp3) is 0.125. The molecule has 3 rings (SSSR count). The van der Waals surface area contributed by atoms with Crippen molar-refractivity contribution in [3.63, 3.8) is 0 Å². The number of rotatable bonds is 2. The van der Waals surface area contributed by atoms with Gasteiger partial charge in [-0.2, -0.15) is 5.10 Å². The van der Waals surface area contributed by atoms with Gasteiger partial charge in [0.05, 0.1) is 5.02 Å². The Hall–Kier alpha value is -2.13. The zero-order valence-corrected chi connectivity index (χ0v) is 12.1. The molecule has 4 heteroatoms. The summed E-state index contributed by atoms with van der Waals surface area (Å²) in [6, 6.07) is 15.8. The van der Waals surface area contributed by atoms with Gasteiger partial charge in [-0.3, -0.25) is 0 Å². The van der Waals surface area contributed by atoms with Crippen molar-refractivity contribution in [2.24, 2.45) is 7.05 Å². The molecule has 0 aliphatic carbocycles. The Morgan fingerprint density at radius 2 is 1.85 bits per heavy atom. The van der Waals surface area contributed by atoms with Gasteiger partial charge in [0.15, 0.2) is 11.6 Å². The average molecular weight is 284 g/mol. The van der Waals surface area contributed by atoms with Crippen molar-refractivity contribution in [3.05, 3.63) is 59.1 Å². The molecule has 100 valence electrons. The normalized spacial score (nSPS) is 10.8. The fourth-order valence-corrected chi connectivity index (χ4v) is 2.39. The summed E-state index contributed by atoms with van der Waals surface area (Å²) in [5.74, 6) is 1.48. The SMILES string of the molecule is Cc1cccc(-c2nc(-c3ccccc3Cl)n(C)n2)c1. The van der Waals surface area contributed by atoms with E-state index in [0.717, 1.165) is 17.0 Å². The van der Waals surface area contributed by atoms with E-state index < -0.39 is 0 Å². The van der Waals surface area contributed by atoms with Gasteiger partial charge in [-0.1, -0.05) is 47.5 Å². The van der Waals surface area contributed by atoms with Crippen LogP contribution in [0.15, 0.2) is 48.5 Å². The summed E-state index contributed by atoms with van der Waals surface area (Å²) in [5, 5.41) is 5.17. The van der Waals surface area contributed by atoms with Gasteiger partial charge < -0.3 is 0 Å². The third-order valence-corrected chi connectivity index (χ3v) is 3.48. The van der Waals surface area contributed by atoms with E-state index in [2.05, 4.69) is 29.1 Å². The van der Waals surface area contributed by atoms with Crippen molar-refractivity contribution >= 4 is 11.6 Å². The summed E-state index contributed by atoms with van der Waals surface area (Å²) in [6.07, 6.45) is 0. The summed E-state index contributed by atoms with van der Waals surface area (Å²) in [7, 11) is 1.88. The molecule has 0 saturated carbocycles. The van der Waals surface area contributed by atoms with Crippen LogP contribution < -0.4 is 0 Å². The van der Waals surface area contributed by atoms with Gasteiger partial charge in [-0.15, -0.1) is 0 Å². The number of aromatic nitrogens is 3. The van der Waals surface area contributed by atoms with Crippen molar-refractivity contribution in [3.8, 4) is 22.8 Å². The first-order valence-electron chi connectivity index (χ1n) is 6.38. The van der Waals surface area contributed by atoms with Gasteiger partial charge in [0.25, 0.3) is 0 Å². The molecule has 0 unspecified atom stereocenters. The highest BCUT2D eigenvalue weighted by atomic mass is 35.5. The Labute approximate surface area is 122 Å². The quantitative estimate of drug-likeness (QED) is 0.708. The molecular formula is C16H14ClN3. The minimum absolute atomic E-state index is 0.679. The lowest BCUT2D eigenvalue weighted by molar-refractivity contribution is 0.777. The Kier molecular flexibility index (Phi) is 3.28. The van der Waals surface area contributed by atoms with E-state index >= 15 is 0 Å². The fourth-order valence-electron chi connectivity index (χ4n) is 2.17. The number of nitrogens with zero attached hydrogens (tertiary/aromatic N) is 3. The van der Waals surface area contributed by atoms with Crippen molar-refractivity contribution < 1.29 is 0 Å². The average Bonchev–Trinajstić information content (AvgIpc) is 2.81. The Bertz CT molecular complexity index is 762. The third-order valence-electron chi connectivity index (χ3n) is 3.15. The third kappa shape index (κ3) is 2.32. The number of hydrogen-bond acceptors (Lipinski definition) is 2. The number of aryl methyl sites for hydroxylation is 2. The van der Waals surface area contributed by atoms with Crippen LogP contribution >= 0.6 is 11.6 Å².